The number of amides is 2. The van der Waals surface area contributed by atoms with Crippen LogP contribution in [0.4, 0.5) is 4.79 Å². The third kappa shape index (κ3) is 5.77. The van der Waals surface area contributed by atoms with Gasteiger partial charge in [0.2, 0.25) is 0 Å². The van der Waals surface area contributed by atoms with E-state index in [4.69, 9.17) is 9.47 Å². The summed E-state index contributed by atoms with van der Waals surface area (Å²) in [4.78, 5) is 12.0. The molecule has 1 aromatic heterocycles. The summed E-state index contributed by atoms with van der Waals surface area (Å²) in [6, 6.07) is 17.1. The molecule has 0 radical (unpaired) electrons. The fourth-order valence-corrected chi connectivity index (χ4v) is 2.73. The molecule has 3 aromatic rings. The molecule has 1 heterocycles. The summed E-state index contributed by atoms with van der Waals surface area (Å²) in [5.74, 6) is 1.32. The lowest BCUT2D eigenvalue weighted by molar-refractivity contribution is 0.235. The number of methoxy groups -OCH3 is 1. The second-order valence-electron chi connectivity index (χ2n) is 6.13. The maximum Gasteiger partial charge on any atom is 0.315 e. The number of rotatable bonds is 9. The predicted octanol–water partition coefficient (Wildman–Crippen LogP) is 2.82. The Morgan fingerprint density at radius 2 is 1.86 bits per heavy atom. The van der Waals surface area contributed by atoms with E-state index in [2.05, 4.69) is 21.8 Å². The highest BCUT2D eigenvalue weighted by molar-refractivity contribution is 5.73. The maximum absolute atomic E-state index is 12.0. The van der Waals surface area contributed by atoms with Crippen molar-refractivity contribution in [3.8, 4) is 11.5 Å². The zero-order valence-corrected chi connectivity index (χ0v) is 15.8. The zero-order chi connectivity index (χ0) is 19.6. The Morgan fingerprint density at radius 3 is 2.64 bits per heavy atom. The van der Waals surface area contributed by atoms with Gasteiger partial charge in [0, 0.05) is 18.9 Å². The number of ether oxygens (including phenoxy) is 2. The van der Waals surface area contributed by atoms with Crippen molar-refractivity contribution >= 4 is 6.03 Å². The van der Waals surface area contributed by atoms with Crippen LogP contribution in [0.15, 0.2) is 67.0 Å². The number of hydrogen-bond acceptors (Lipinski definition) is 4. The van der Waals surface area contributed by atoms with Gasteiger partial charge in [-0.15, -0.1) is 0 Å². The van der Waals surface area contributed by atoms with Gasteiger partial charge in [0.1, 0.15) is 6.61 Å². The topological polar surface area (TPSA) is 77.4 Å². The molecular weight excluding hydrogens is 356 g/mol. The first kappa shape index (κ1) is 19.3. The van der Waals surface area contributed by atoms with Crippen LogP contribution in [0.5, 0.6) is 11.5 Å². The summed E-state index contributed by atoms with van der Waals surface area (Å²) in [5.41, 5.74) is 2.17. The molecule has 0 atom stereocenters. The molecule has 0 spiro atoms. The molecule has 7 nitrogen and oxygen atoms in total. The summed E-state index contributed by atoms with van der Waals surface area (Å²) in [6.07, 6.45) is 3.68. The normalized spacial score (nSPS) is 10.3. The van der Waals surface area contributed by atoms with Crippen LogP contribution in [-0.2, 0) is 13.1 Å². The molecule has 2 amide bonds. The molecule has 0 fully saturated rings. The van der Waals surface area contributed by atoms with Gasteiger partial charge in [-0.05, 0) is 29.3 Å². The van der Waals surface area contributed by atoms with E-state index in [0.717, 1.165) is 11.1 Å². The van der Waals surface area contributed by atoms with E-state index in [9.17, 15) is 4.79 Å². The van der Waals surface area contributed by atoms with Gasteiger partial charge in [-0.3, -0.25) is 4.68 Å². The lowest BCUT2D eigenvalue weighted by atomic mass is 10.1. The molecule has 0 saturated heterocycles. The minimum atomic E-state index is -0.235. The van der Waals surface area contributed by atoms with Crippen LogP contribution in [0.25, 0.3) is 0 Å². The second kappa shape index (κ2) is 10.0. The lowest BCUT2D eigenvalue weighted by Gasteiger charge is -2.11. The quantitative estimate of drug-likeness (QED) is 0.560. The number of nitrogens with zero attached hydrogens (tertiary/aromatic N) is 2. The van der Waals surface area contributed by atoms with Gasteiger partial charge in [-0.1, -0.05) is 36.4 Å². The van der Waals surface area contributed by atoms with Crippen LogP contribution in [-0.4, -0.2) is 36.1 Å². The van der Waals surface area contributed by atoms with E-state index in [-0.39, 0.29) is 6.03 Å². The van der Waals surface area contributed by atoms with Crippen molar-refractivity contribution in [2.45, 2.75) is 13.1 Å². The molecular formula is C21H24N4O3. The molecule has 0 saturated carbocycles. The molecule has 0 aliphatic heterocycles. The smallest absolute Gasteiger partial charge is 0.315 e. The van der Waals surface area contributed by atoms with E-state index in [1.54, 1.807) is 13.3 Å². The summed E-state index contributed by atoms with van der Waals surface area (Å²) in [7, 11) is 1.60. The molecule has 2 aromatic carbocycles. The van der Waals surface area contributed by atoms with Crippen LogP contribution in [0.2, 0.25) is 0 Å². The van der Waals surface area contributed by atoms with E-state index >= 15 is 0 Å². The molecule has 0 bridgehead atoms. The van der Waals surface area contributed by atoms with Crippen molar-refractivity contribution in [1.82, 2.24) is 20.4 Å². The van der Waals surface area contributed by atoms with Gasteiger partial charge in [0.05, 0.1) is 20.2 Å². The first-order valence-electron chi connectivity index (χ1n) is 9.07. The Hall–Kier alpha value is -3.48. The van der Waals surface area contributed by atoms with Crippen LogP contribution in [0, 0.1) is 0 Å². The molecule has 7 heteroatoms. The number of para-hydroxylation sites is 2. The molecule has 146 valence electrons. The number of aromatic nitrogens is 2. The summed E-state index contributed by atoms with van der Waals surface area (Å²) < 4.78 is 12.7. The largest absolute Gasteiger partial charge is 0.493 e. The van der Waals surface area contributed by atoms with Crippen molar-refractivity contribution in [3.63, 3.8) is 0 Å². The molecule has 2 N–H and O–H groups in total. The third-order valence-corrected chi connectivity index (χ3v) is 4.06. The van der Waals surface area contributed by atoms with E-state index in [0.29, 0.717) is 37.7 Å². The highest BCUT2D eigenvalue weighted by Gasteiger charge is 2.04. The Morgan fingerprint density at radius 1 is 1.04 bits per heavy atom. The fraction of sp³-hybridized carbons (Fsp3) is 0.238. The van der Waals surface area contributed by atoms with Crippen molar-refractivity contribution in [2.75, 3.05) is 20.3 Å². The third-order valence-electron chi connectivity index (χ3n) is 4.06. The van der Waals surface area contributed by atoms with Gasteiger partial charge >= 0.3 is 6.03 Å². The van der Waals surface area contributed by atoms with E-state index in [1.165, 1.54) is 0 Å². The SMILES string of the molecule is COc1ccccc1OCCNC(=O)NCc1cccc(Cn2cccn2)c1. The number of hydrogen-bond donors (Lipinski definition) is 2. The zero-order valence-electron chi connectivity index (χ0n) is 15.8. The van der Waals surface area contributed by atoms with E-state index in [1.807, 2.05) is 59.4 Å². The fourth-order valence-electron chi connectivity index (χ4n) is 2.73. The lowest BCUT2D eigenvalue weighted by Crippen LogP contribution is -2.37. The number of benzene rings is 2. The first-order valence-corrected chi connectivity index (χ1v) is 9.07. The van der Waals surface area contributed by atoms with Crippen molar-refractivity contribution in [2.24, 2.45) is 0 Å². The summed E-state index contributed by atoms with van der Waals surface area (Å²) in [6.45, 7) is 1.90. The number of carbonyl (C=O) groups excluding carboxylic acids is 1. The highest BCUT2D eigenvalue weighted by Crippen LogP contribution is 2.25. The standard InChI is InChI=1S/C21H24N4O3/c1-27-19-8-2-3-9-20(19)28-13-11-22-21(26)23-15-17-6-4-7-18(14-17)16-25-12-5-10-24-25/h2-10,12,14H,11,13,15-16H2,1H3,(H2,22,23,26). The Bertz CT molecular complexity index is 881. The van der Waals surface area contributed by atoms with Crippen molar-refractivity contribution < 1.29 is 14.3 Å². The molecule has 0 aliphatic rings. The molecule has 0 aliphatic carbocycles. The average molecular weight is 380 g/mol. The molecule has 0 unspecified atom stereocenters. The first-order chi connectivity index (χ1) is 13.7. The van der Waals surface area contributed by atoms with E-state index < -0.39 is 0 Å². The second-order valence-corrected chi connectivity index (χ2v) is 6.13. The number of urea groups is 1. The minimum Gasteiger partial charge on any atom is -0.493 e. The van der Waals surface area contributed by atoms with Crippen LogP contribution in [0.1, 0.15) is 11.1 Å². The van der Waals surface area contributed by atoms with Gasteiger partial charge in [0.15, 0.2) is 11.5 Å². The number of nitrogens with one attached hydrogen (secondary N) is 2. The monoisotopic (exact) mass is 380 g/mol. The van der Waals surface area contributed by atoms with Crippen molar-refractivity contribution in [1.29, 1.82) is 0 Å². The Labute approximate surface area is 164 Å². The van der Waals surface area contributed by atoms with Crippen LogP contribution >= 0.6 is 0 Å². The van der Waals surface area contributed by atoms with Crippen LogP contribution < -0.4 is 20.1 Å². The predicted molar refractivity (Wildman–Crippen MR) is 106 cm³/mol. The summed E-state index contributed by atoms with van der Waals surface area (Å²) >= 11 is 0. The Kier molecular flexibility index (Phi) is 6.89. The van der Waals surface area contributed by atoms with Gasteiger partial charge in [-0.2, -0.15) is 5.10 Å². The van der Waals surface area contributed by atoms with Gasteiger partial charge in [-0.25, -0.2) is 4.79 Å². The number of carbonyl (C=O) groups is 1. The summed E-state index contributed by atoms with van der Waals surface area (Å²) in [5, 5.41) is 9.84. The molecule has 3 rings (SSSR count). The highest BCUT2D eigenvalue weighted by atomic mass is 16.5. The van der Waals surface area contributed by atoms with Crippen molar-refractivity contribution in [3.05, 3.63) is 78.1 Å². The minimum absolute atomic E-state index is 0.235. The van der Waals surface area contributed by atoms with Gasteiger partial charge < -0.3 is 20.1 Å². The van der Waals surface area contributed by atoms with Gasteiger partial charge in [0.25, 0.3) is 0 Å². The van der Waals surface area contributed by atoms with Crippen LogP contribution in [0.3, 0.4) is 0 Å². The Balaban J connectivity index is 1.38. The molecule has 28 heavy (non-hydrogen) atoms. The maximum atomic E-state index is 12.0. The average Bonchev–Trinajstić information content (AvgIpc) is 3.23.